The van der Waals surface area contributed by atoms with Crippen molar-refractivity contribution in [2.75, 3.05) is 0 Å². The van der Waals surface area contributed by atoms with Crippen LogP contribution in [0.5, 0.6) is 0 Å². The molecule has 1 aliphatic carbocycles. The van der Waals surface area contributed by atoms with Crippen molar-refractivity contribution < 1.29 is 0 Å². The lowest BCUT2D eigenvalue weighted by molar-refractivity contribution is 0.660. The molecule has 0 unspecified atom stereocenters. The molecule has 0 radical (unpaired) electrons. The zero-order valence-corrected chi connectivity index (χ0v) is 28.5. The number of fused-ring (bicyclic) bond motifs is 3. The van der Waals surface area contributed by atoms with Crippen molar-refractivity contribution in [3.05, 3.63) is 191 Å². The van der Waals surface area contributed by atoms with E-state index in [9.17, 15) is 0 Å². The first-order valence-corrected chi connectivity index (χ1v) is 17.2. The maximum Gasteiger partial charge on any atom is 0.164 e. The summed E-state index contributed by atoms with van der Waals surface area (Å²) in [6.07, 6.45) is 6.35. The Morgan fingerprint density at radius 3 is 1.78 bits per heavy atom. The zero-order valence-electron chi connectivity index (χ0n) is 28.5. The van der Waals surface area contributed by atoms with E-state index in [0.717, 1.165) is 33.4 Å². The Kier molecular flexibility index (Phi) is 8.10. The summed E-state index contributed by atoms with van der Waals surface area (Å²) >= 11 is 0. The monoisotopic (exact) mass is 643 g/mol. The highest BCUT2D eigenvalue weighted by molar-refractivity contribution is 5.96. The molecule has 50 heavy (non-hydrogen) atoms. The van der Waals surface area contributed by atoms with E-state index < -0.39 is 0 Å². The zero-order chi connectivity index (χ0) is 34.1. The highest BCUT2D eigenvalue weighted by atomic mass is 15.0. The summed E-state index contributed by atoms with van der Waals surface area (Å²) in [6.45, 7) is 6.71. The van der Waals surface area contributed by atoms with E-state index >= 15 is 0 Å². The van der Waals surface area contributed by atoms with Crippen molar-refractivity contribution >= 4 is 17.7 Å². The van der Waals surface area contributed by atoms with Crippen molar-refractivity contribution in [2.24, 2.45) is 0 Å². The van der Waals surface area contributed by atoms with E-state index in [1.807, 2.05) is 60.7 Å². The quantitative estimate of drug-likeness (QED) is 0.173. The van der Waals surface area contributed by atoms with Gasteiger partial charge < -0.3 is 0 Å². The van der Waals surface area contributed by atoms with Crippen molar-refractivity contribution in [2.45, 2.75) is 26.2 Å². The number of hydrogen-bond donors (Lipinski definition) is 0. The van der Waals surface area contributed by atoms with Crippen LogP contribution in [0.3, 0.4) is 0 Å². The predicted molar refractivity (Wildman–Crippen MR) is 208 cm³/mol. The van der Waals surface area contributed by atoms with Crippen LogP contribution in [-0.2, 0) is 5.41 Å². The molecule has 3 heteroatoms. The van der Waals surface area contributed by atoms with E-state index in [0.29, 0.717) is 17.5 Å². The molecule has 0 bridgehead atoms. The van der Waals surface area contributed by atoms with Gasteiger partial charge in [-0.2, -0.15) is 0 Å². The summed E-state index contributed by atoms with van der Waals surface area (Å²) in [6, 6.07) is 53.3. The first-order valence-electron chi connectivity index (χ1n) is 17.2. The molecule has 0 atom stereocenters. The second-order valence-corrected chi connectivity index (χ2v) is 13.2. The molecule has 6 aromatic carbocycles. The summed E-state index contributed by atoms with van der Waals surface area (Å²) in [5.41, 5.74) is 14.1. The molecular formula is C47H37N3. The molecular weight excluding hydrogens is 607 g/mol. The van der Waals surface area contributed by atoms with E-state index in [4.69, 9.17) is 15.0 Å². The Morgan fingerprint density at radius 2 is 1.10 bits per heavy atom. The van der Waals surface area contributed by atoms with Crippen LogP contribution in [-0.4, -0.2) is 15.0 Å². The van der Waals surface area contributed by atoms with Gasteiger partial charge in [0, 0.05) is 16.5 Å². The van der Waals surface area contributed by atoms with E-state index in [-0.39, 0.29) is 5.41 Å². The summed E-state index contributed by atoms with van der Waals surface area (Å²) in [5.74, 6) is 1.89. The summed E-state index contributed by atoms with van der Waals surface area (Å²) in [4.78, 5) is 14.9. The minimum atomic E-state index is -0.0456. The SMILES string of the molecule is C/C=C\c1ccccc1/C(=C/c1nc(-c2ccccc2)nc(-c2ccccc2)n1)c1ccc(-c2cccc3c2-c2ccccc2C3(C)C)cc1. The average molecular weight is 644 g/mol. The number of nitrogens with zero attached hydrogens (tertiary/aromatic N) is 3. The Balaban J connectivity index is 1.29. The minimum Gasteiger partial charge on any atom is -0.209 e. The molecule has 0 amide bonds. The van der Waals surface area contributed by atoms with Gasteiger partial charge >= 0.3 is 0 Å². The molecule has 3 nitrogen and oxygen atoms in total. The largest absolute Gasteiger partial charge is 0.209 e. The summed E-state index contributed by atoms with van der Waals surface area (Å²) in [5, 5.41) is 0. The molecule has 8 rings (SSSR count). The fourth-order valence-corrected chi connectivity index (χ4v) is 7.23. The lowest BCUT2D eigenvalue weighted by Gasteiger charge is -2.21. The third-order valence-corrected chi connectivity index (χ3v) is 9.70. The maximum absolute atomic E-state index is 5.02. The molecule has 0 aliphatic heterocycles. The number of hydrogen-bond acceptors (Lipinski definition) is 3. The van der Waals surface area contributed by atoms with Crippen molar-refractivity contribution in [3.63, 3.8) is 0 Å². The minimum absolute atomic E-state index is 0.0456. The van der Waals surface area contributed by atoms with Crippen molar-refractivity contribution in [3.8, 4) is 45.0 Å². The van der Waals surface area contributed by atoms with E-state index in [1.165, 1.54) is 33.4 Å². The van der Waals surface area contributed by atoms with E-state index in [2.05, 4.69) is 130 Å². The predicted octanol–water partition coefficient (Wildman–Crippen LogP) is 11.8. The molecule has 240 valence electrons. The molecule has 1 aliphatic rings. The van der Waals surface area contributed by atoms with Crippen LogP contribution in [0.15, 0.2) is 158 Å². The van der Waals surface area contributed by atoms with Gasteiger partial charge in [-0.3, -0.25) is 0 Å². The number of benzene rings is 6. The Hall–Kier alpha value is -6.19. The first-order chi connectivity index (χ1) is 24.5. The topological polar surface area (TPSA) is 38.7 Å². The first kappa shape index (κ1) is 31.1. The van der Waals surface area contributed by atoms with Gasteiger partial charge in [0.15, 0.2) is 17.5 Å². The number of rotatable bonds is 7. The van der Waals surface area contributed by atoms with Crippen LogP contribution in [0.2, 0.25) is 0 Å². The van der Waals surface area contributed by atoms with Crippen molar-refractivity contribution in [1.82, 2.24) is 15.0 Å². The second-order valence-electron chi connectivity index (χ2n) is 13.2. The van der Waals surface area contributed by atoms with Gasteiger partial charge in [-0.15, -0.1) is 0 Å². The van der Waals surface area contributed by atoms with Crippen LogP contribution in [0.4, 0.5) is 0 Å². The Bertz CT molecular complexity index is 2330. The lowest BCUT2D eigenvalue weighted by Crippen LogP contribution is -2.14. The fraction of sp³-hybridized carbons (Fsp3) is 0.0851. The third-order valence-electron chi connectivity index (χ3n) is 9.70. The molecule has 0 saturated carbocycles. The highest BCUT2D eigenvalue weighted by Crippen LogP contribution is 2.52. The Labute approximate surface area is 294 Å². The molecule has 1 aromatic heterocycles. The molecule has 7 aromatic rings. The Morgan fingerprint density at radius 1 is 0.520 bits per heavy atom. The molecule has 0 saturated heterocycles. The van der Waals surface area contributed by atoms with Crippen LogP contribution < -0.4 is 0 Å². The summed E-state index contributed by atoms with van der Waals surface area (Å²) < 4.78 is 0. The normalized spacial score (nSPS) is 13.3. The number of allylic oxidation sites excluding steroid dienone is 1. The molecule has 0 N–H and O–H groups in total. The lowest BCUT2D eigenvalue weighted by atomic mass is 9.82. The van der Waals surface area contributed by atoms with Gasteiger partial charge in [0.2, 0.25) is 0 Å². The molecule has 0 spiro atoms. The standard InChI is InChI=1S/C47H37N3/c1-4-16-32-17-11-12-22-37(32)40(31-43-48-45(35-18-7-5-8-19-35)50-46(49-43)36-20-9-6-10-21-36)34-29-27-33(28-30-34)38-24-15-26-42-44(38)39-23-13-14-25-41(39)47(42,2)3/h4-31H,1-3H3/b16-4-,40-31+. The maximum atomic E-state index is 5.02. The van der Waals surface area contributed by atoms with Crippen LogP contribution in [0.25, 0.3) is 62.8 Å². The van der Waals surface area contributed by atoms with Gasteiger partial charge in [0.1, 0.15) is 0 Å². The highest BCUT2D eigenvalue weighted by Gasteiger charge is 2.36. The van der Waals surface area contributed by atoms with Gasteiger partial charge in [-0.25, -0.2) is 15.0 Å². The number of aromatic nitrogens is 3. The fourth-order valence-electron chi connectivity index (χ4n) is 7.23. The van der Waals surface area contributed by atoms with Crippen molar-refractivity contribution in [1.29, 1.82) is 0 Å². The smallest absolute Gasteiger partial charge is 0.164 e. The molecule has 0 fully saturated rings. The van der Waals surface area contributed by atoms with Crippen LogP contribution in [0, 0.1) is 0 Å². The van der Waals surface area contributed by atoms with Gasteiger partial charge in [0.25, 0.3) is 0 Å². The second kappa shape index (κ2) is 13.0. The van der Waals surface area contributed by atoms with Gasteiger partial charge in [-0.1, -0.05) is 178 Å². The third kappa shape index (κ3) is 5.67. The van der Waals surface area contributed by atoms with Gasteiger partial charge in [-0.05, 0) is 68.6 Å². The van der Waals surface area contributed by atoms with Crippen LogP contribution >= 0.6 is 0 Å². The summed E-state index contributed by atoms with van der Waals surface area (Å²) in [7, 11) is 0. The average Bonchev–Trinajstić information content (AvgIpc) is 3.41. The van der Waals surface area contributed by atoms with E-state index in [1.54, 1.807) is 0 Å². The van der Waals surface area contributed by atoms with Crippen LogP contribution in [0.1, 0.15) is 54.4 Å². The molecule has 1 heterocycles. The van der Waals surface area contributed by atoms with Gasteiger partial charge in [0.05, 0.1) is 0 Å².